The van der Waals surface area contributed by atoms with Crippen LogP contribution in [0.3, 0.4) is 0 Å². The van der Waals surface area contributed by atoms with Crippen LogP contribution < -0.4 is 10.6 Å². The lowest BCUT2D eigenvalue weighted by Crippen LogP contribution is -2.36. The fraction of sp³-hybridized carbons (Fsp3) is 0.235. The second-order valence-electron chi connectivity index (χ2n) is 5.03. The molecule has 0 radical (unpaired) electrons. The highest BCUT2D eigenvalue weighted by Gasteiger charge is 2.18. The van der Waals surface area contributed by atoms with Crippen molar-refractivity contribution in [1.29, 1.82) is 0 Å². The van der Waals surface area contributed by atoms with Gasteiger partial charge in [0.05, 0.1) is 23.7 Å². The number of rotatable bonds is 2. The molecule has 2 heterocycles. The number of hydrogen-bond donors (Lipinski definition) is 2. The zero-order chi connectivity index (χ0) is 16.1. The first-order valence-corrected chi connectivity index (χ1v) is 8.11. The highest BCUT2D eigenvalue weighted by atomic mass is 32.1. The Morgan fingerprint density at radius 3 is 2.65 bits per heavy atom. The number of anilines is 1. The van der Waals surface area contributed by atoms with Crippen LogP contribution in [0, 0.1) is 11.8 Å². The quantitative estimate of drug-likeness (QED) is 0.291. The Labute approximate surface area is 139 Å². The second-order valence-corrected chi connectivity index (χ2v) is 6.06. The van der Waals surface area contributed by atoms with Gasteiger partial charge in [-0.05, 0) is 18.2 Å². The summed E-state index contributed by atoms with van der Waals surface area (Å²) in [5.41, 5.74) is 7.58. The van der Waals surface area contributed by atoms with Gasteiger partial charge in [0.15, 0.2) is 5.84 Å². The summed E-state index contributed by atoms with van der Waals surface area (Å²) in [7, 11) is 0. The fourth-order valence-electron chi connectivity index (χ4n) is 2.31. The average Bonchev–Trinajstić information content (AvgIpc) is 3.05. The van der Waals surface area contributed by atoms with Crippen LogP contribution in [0.15, 0.2) is 41.6 Å². The zero-order valence-electron chi connectivity index (χ0n) is 12.5. The molecule has 3 rings (SSSR count). The van der Waals surface area contributed by atoms with Crippen LogP contribution in [0.25, 0.3) is 0 Å². The van der Waals surface area contributed by atoms with Crippen molar-refractivity contribution in [3.63, 3.8) is 0 Å². The first-order valence-electron chi connectivity index (χ1n) is 7.29. The van der Waals surface area contributed by atoms with Crippen LogP contribution in [0.2, 0.25) is 0 Å². The summed E-state index contributed by atoms with van der Waals surface area (Å²) in [5, 5.41) is 13.0. The molecule has 0 unspecified atom stereocenters. The van der Waals surface area contributed by atoms with E-state index in [0.717, 1.165) is 29.2 Å². The summed E-state index contributed by atoms with van der Waals surface area (Å²) in [6.45, 7) is 3.02. The van der Waals surface area contributed by atoms with Crippen LogP contribution in [-0.4, -0.2) is 37.3 Å². The van der Waals surface area contributed by atoms with E-state index < -0.39 is 0 Å². The van der Waals surface area contributed by atoms with Gasteiger partial charge in [-0.1, -0.05) is 35.2 Å². The monoisotopic (exact) mass is 327 g/mol. The molecule has 1 aliphatic heterocycles. The molecule has 2 aromatic rings. The van der Waals surface area contributed by atoms with Gasteiger partial charge < -0.3 is 20.6 Å². The molecule has 1 fully saturated rings. The van der Waals surface area contributed by atoms with Gasteiger partial charge in [0.25, 0.3) is 0 Å². The van der Waals surface area contributed by atoms with E-state index >= 15 is 0 Å². The lowest BCUT2D eigenvalue weighted by Gasteiger charge is -2.27. The summed E-state index contributed by atoms with van der Waals surface area (Å²) in [6.07, 6.45) is 0. The topological polar surface area (TPSA) is 71.1 Å². The third kappa shape index (κ3) is 3.65. The van der Waals surface area contributed by atoms with Crippen molar-refractivity contribution in [2.24, 2.45) is 10.9 Å². The summed E-state index contributed by atoms with van der Waals surface area (Å²) in [4.78, 5) is 2.95. The van der Waals surface area contributed by atoms with Gasteiger partial charge in [-0.3, -0.25) is 0 Å². The van der Waals surface area contributed by atoms with Crippen LogP contribution in [0.4, 0.5) is 5.00 Å². The van der Waals surface area contributed by atoms with Crippen LogP contribution in [0.5, 0.6) is 0 Å². The molecule has 0 atom stereocenters. The maximum Gasteiger partial charge on any atom is 0.180 e. The van der Waals surface area contributed by atoms with Crippen molar-refractivity contribution in [3.05, 3.63) is 52.4 Å². The van der Waals surface area contributed by atoms with Crippen LogP contribution >= 0.6 is 11.3 Å². The Bertz CT molecular complexity index is 753. The lowest BCUT2D eigenvalue weighted by molar-refractivity contribution is 0.123. The molecule has 1 aromatic heterocycles. The Balaban J connectivity index is 1.96. The first kappa shape index (κ1) is 15.4. The Morgan fingerprint density at radius 1 is 1.22 bits per heavy atom. The van der Waals surface area contributed by atoms with Gasteiger partial charge in [-0.25, -0.2) is 0 Å². The largest absolute Gasteiger partial charge is 0.409 e. The van der Waals surface area contributed by atoms with E-state index in [0.29, 0.717) is 18.1 Å². The highest BCUT2D eigenvalue weighted by Crippen LogP contribution is 2.31. The smallest absolute Gasteiger partial charge is 0.180 e. The third-order valence-corrected chi connectivity index (χ3v) is 4.70. The number of morpholine rings is 1. The Morgan fingerprint density at radius 2 is 1.96 bits per heavy atom. The van der Waals surface area contributed by atoms with E-state index in [1.54, 1.807) is 0 Å². The van der Waals surface area contributed by atoms with E-state index in [9.17, 15) is 0 Å². The van der Waals surface area contributed by atoms with Gasteiger partial charge in [-0.2, -0.15) is 0 Å². The number of thiophene rings is 1. The number of ether oxygens (including phenoxy) is 1. The lowest BCUT2D eigenvalue weighted by atomic mass is 10.2. The second kappa shape index (κ2) is 7.18. The zero-order valence-corrected chi connectivity index (χ0v) is 13.3. The molecule has 0 spiro atoms. The number of amidine groups is 1. The number of nitrogens with zero attached hydrogens (tertiary/aromatic N) is 2. The molecule has 118 valence electrons. The summed E-state index contributed by atoms with van der Waals surface area (Å²) in [5.74, 6) is 6.49. The summed E-state index contributed by atoms with van der Waals surface area (Å²) in [6, 6.07) is 11.7. The molecule has 5 nitrogen and oxygen atoms in total. The fourth-order valence-corrected chi connectivity index (χ4v) is 3.37. The molecule has 23 heavy (non-hydrogen) atoms. The van der Waals surface area contributed by atoms with Crippen molar-refractivity contribution < 1.29 is 9.94 Å². The molecule has 0 saturated carbocycles. The average molecular weight is 327 g/mol. The van der Waals surface area contributed by atoms with Gasteiger partial charge in [0, 0.05) is 18.7 Å². The molecule has 3 N–H and O–H groups in total. The van der Waals surface area contributed by atoms with Crippen molar-refractivity contribution in [1.82, 2.24) is 0 Å². The van der Waals surface area contributed by atoms with Crippen LogP contribution in [0.1, 0.15) is 16.0 Å². The van der Waals surface area contributed by atoms with Crippen molar-refractivity contribution >= 4 is 22.2 Å². The van der Waals surface area contributed by atoms with Gasteiger partial charge >= 0.3 is 0 Å². The summed E-state index contributed by atoms with van der Waals surface area (Å²) < 4.78 is 5.40. The number of hydrogen-bond acceptors (Lipinski definition) is 5. The van der Waals surface area contributed by atoms with Gasteiger partial charge in [0.1, 0.15) is 5.00 Å². The molecule has 6 heteroatoms. The summed E-state index contributed by atoms with van der Waals surface area (Å²) >= 11 is 1.49. The van der Waals surface area contributed by atoms with Gasteiger partial charge in [0.2, 0.25) is 0 Å². The standard InChI is InChI=1S/C17H17N3O2S/c18-16(19-21)15-12-14(7-6-13-4-2-1-3-5-13)17(23-15)20-8-10-22-11-9-20/h1-5,12,21H,8-11H2,(H2,18,19). The molecular formula is C17H17N3O2S. The van der Waals surface area contributed by atoms with Crippen LogP contribution in [-0.2, 0) is 4.74 Å². The van der Waals surface area contributed by atoms with E-state index in [1.165, 1.54) is 11.3 Å². The molecule has 0 amide bonds. The minimum atomic E-state index is 0.109. The molecular weight excluding hydrogens is 310 g/mol. The predicted molar refractivity (Wildman–Crippen MR) is 92.3 cm³/mol. The molecule has 1 aromatic carbocycles. The third-order valence-electron chi connectivity index (χ3n) is 3.49. The predicted octanol–water partition coefficient (Wildman–Crippen LogP) is 2.08. The normalized spacial score (nSPS) is 15.1. The van der Waals surface area contributed by atoms with E-state index in [-0.39, 0.29) is 5.84 Å². The molecule has 1 aliphatic rings. The number of oxime groups is 1. The Kier molecular flexibility index (Phi) is 4.81. The maximum absolute atomic E-state index is 8.91. The van der Waals surface area contributed by atoms with Crippen molar-refractivity contribution in [2.45, 2.75) is 0 Å². The Hall–Kier alpha value is -2.49. The van der Waals surface area contributed by atoms with E-state index in [2.05, 4.69) is 21.9 Å². The van der Waals surface area contributed by atoms with Gasteiger partial charge in [-0.15, -0.1) is 11.3 Å². The van der Waals surface area contributed by atoms with E-state index in [4.69, 9.17) is 15.7 Å². The molecule has 0 bridgehead atoms. The maximum atomic E-state index is 8.91. The highest BCUT2D eigenvalue weighted by molar-refractivity contribution is 7.18. The first-order chi connectivity index (χ1) is 11.3. The molecule has 0 aliphatic carbocycles. The van der Waals surface area contributed by atoms with E-state index in [1.807, 2.05) is 36.4 Å². The minimum absolute atomic E-state index is 0.109. The minimum Gasteiger partial charge on any atom is -0.409 e. The number of benzene rings is 1. The SMILES string of the molecule is N/C(=N\O)c1cc(C#Cc2ccccc2)c(N2CCOCC2)s1. The van der Waals surface area contributed by atoms with Crippen molar-refractivity contribution in [3.8, 4) is 11.8 Å². The van der Waals surface area contributed by atoms with Crippen molar-refractivity contribution in [2.75, 3.05) is 31.2 Å². The molecule has 1 saturated heterocycles. The number of nitrogens with two attached hydrogens (primary N) is 1.